The van der Waals surface area contributed by atoms with E-state index in [0.717, 1.165) is 36.6 Å². The minimum absolute atomic E-state index is 0.0896. The SMILES string of the molecule is CC(OC(=O)/C=C/c1ccc2ccccc2n1)C(=O)NC(=O)NC1CCCCC1. The Morgan fingerprint density at radius 3 is 2.66 bits per heavy atom. The second-order valence-electron chi connectivity index (χ2n) is 7.14. The summed E-state index contributed by atoms with van der Waals surface area (Å²) in [4.78, 5) is 40.4. The molecule has 0 saturated heterocycles. The molecular formula is C22H25N3O4. The lowest BCUT2D eigenvalue weighted by Crippen LogP contribution is -2.48. The molecule has 1 unspecified atom stereocenters. The number of aromatic nitrogens is 1. The Kier molecular flexibility index (Phi) is 6.94. The molecule has 1 aromatic carbocycles. The number of para-hydroxylation sites is 1. The summed E-state index contributed by atoms with van der Waals surface area (Å²) in [6.07, 6.45) is 6.80. The van der Waals surface area contributed by atoms with Crippen LogP contribution in [0.5, 0.6) is 0 Å². The Labute approximate surface area is 169 Å². The number of amides is 3. The lowest BCUT2D eigenvalue weighted by Gasteiger charge is -2.23. The number of imide groups is 1. The normalized spacial score (nSPS) is 15.8. The molecule has 1 saturated carbocycles. The molecule has 0 spiro atoms. The monoisotopic (exact) mass is 395 g/mol. The van der Waals surface area contributed by atoms with Gasteiger partial charge in [-0.3, -0.25) is 10.1 Å². The van der Waals surface area contributed by atoms with Crippen molar-refractivity contribution in [3.63, 3.8) is 0 Å². The molecule has 1 aliphatic rings. The molecule has 0 bridgehead atoms. The number of nitrogens with zero attached hydrogens (tertiary/aromatic N) is 1. The Balaban J connectivity index is 1.47. The molecular weight excluding hydrogens is 370 g/mol. The van der Waals surface area contributed by atoms with Crippen molar-refractivity contribution in [3.8, 4) is 0 Å². The number of carbonyl (C=O) groups excluding carboxylic acids is 3. The molecule has 3 amide bonds. The second-order valence-corrected chi connectivity index (χ2v) is 7.14. The van der Waals surface area contributed by atoms with Crippen molar-refractivity contribution in [1.82, 2.24) is 15.6 Å². The Bertz CT molecular complexity index is 919. The minimum Gasteiger partial charge on any atom is -0.449 e. The van der Waals surface area contributed by atoms with Crippen LogP contribution in [0.1, 0.15) is 44.7 Å². The third kappa shape index (κ3) is 6.14. The van der Waals surface area contributed by atoms with Crippen molar-refractivity contribution in [2.24, 2.45) is 0 Å². The second kappa shape index (κ2) is 9.82. The van der Waals surface area contributed by atoms with Crippen LogP contribution in [0.4, 0.5) is 4.79 Å². The number of fused-ring (bicyclic) bond motifs is 1. The summed E-state index contributed by atoms with van der Waals surface area (Å²) in [6.45, 7) is 1.42. The Hall–Kier alpha value is -3.22. The fourth-order valence-corrected chi connectivity index (χ4v) is 3.28. The molecule has 152 valence electrons. The maximum Gasteiger partial charge on any atom is 0.331 e. The van der Waals surface area contributed by atoms with E-state index in [1.807, 2.05) is 30.3 Å². The van der Waals surface area contributed by atoms with Crippen LogP contribution >= 0.6 is 0 Å². The summed E-state index contributed by atoms with van der Waals surface area (Å²) in [5.74, 6) is -1.35. The molecule has 1 heterocycles. The first kappa shape index (κ1) is 20.5. The Morgan fingerprint density at radius 1 is 1.10 bits per heavy atom. The lowest BCUT2D eigenvalue weighted by atomic mass is 9.96. The van der Waals surface area contributed by atoms with Crippen LogP contribution in [-0.2, 0) is 14.3 Å². The molecule has 7 nitrogen and oxygen atoms in total. The van der Waals surface area contributed by atoms with E-state index in [4.69, 9.17) is 4.74 Å². The zero-order chi connectivity index (χ0) is 20.6. The average molecular weight is 395 g/mol. The van der Waals surface area contributed by atoms with Crippen molar-refractivity contribution in [2.45, 2.75) is 51.2 Å². The number of hydrogen-bond acceptors (Lipinski definition) is 5. The van der Waals surface area contributed by atoms with Gasteiger partial charge in [0.05, 0.1) is 11.2 Å². The number of urea groups is 1. The summed E-state index contributed by atoms with van der Waals surface area (Å²) in [7, 11) is 0. The molecule has 1 aliphatic carbocycles. The number of rotatable bonds is 5. The van der Waals surface area contributed by atoms with E-state index in [1.54, 1.807) is 6.07 Å². The van der Waals surface area contributed by atoms with Crippen LogP contribution in [0.15, 0.2) is 42.5 Å². The molecule has 1 atom stereocenters. The average Bonchev–Trinajstić information content (AvgIpc) is 2.72. The van der Waals surface area contributed by atoms with Crippen LogP contribution in [0.2, 0.25) is 0 Å². The number of nitrogens with one attached hydrogen (secondary N) is 2. The van der Waals surface area contributed by atoms with E-state index >= 15 is 0 Å². The first-order chi connectivity index (χ1) is 14.0. The summed E-state index contributed by atoms with van der Waals surface area (Å²) >= 11 is 0. The smallest absolute Gasteiger partial charge is 0.331 e. The van der Waals surface area contributed by atoms with Gasteiger partial charge >= 0.3 is 12.0 Å². The summed E-state index contributed by atoms with van der Waals surface area (Å²) in [6, 6.07) is 10.9. The molecule has 29 heavy (non-hydrogen) atoms. The van der Waals surface area contributed by atoms with Crippen LogP contribution in [0, 0.1) is 0 Å². The number of benzene rings is 1. The molecule has 7 heteroatoms. The van der Waals surface area contributed by atoms with Gasteiger partial charge in [-0.2, -0.15) is 0 Å². The quantitative estimate of drug-likeness (QED) is 0.598. The van der Waals surface area contributed by atoms with Crippen LogP contribution < -0.4 is 10.6 Å². The molecule has 2 aromatic rings. The highest BCUT2D eigenvalue weighted by atomic mass is 16.5. The third-order valence-electron chi connectivity index (χ3n) is 4.85. The highest BCUT2D eigenvalue weighted by molar-refractivity contribution is 5.98. The van der Waals surface area contributed by atoms with Gasteiger partial charge in [-0.05, 0) is 38.0 Å². The third-order valence-corrected chi connectivity index (χ3v) is 4.85. The van der Waals surface area contributed by atoms with Gasteiger partial charge in [0.25, 0.3) is 5.91 Å². The summed E-state index contributed by atoms with van der Waals surface area (Å²) < 4.78 is 5.07. The van der Waals surface area contributed by atoms with Crippen molar-refractivity contribution >= 4 is 34.9 Å². The van der Waals surface area contributed by atoms with Gasteiger partial charge in [0.2, 0.25) is 0 Å². The highest BCUT2D eigenvalue weighted by Crippen LogP contribution is 2.17. The van der Waals surface area contributed by atoms with Crippen molar-refractivity contribution in [2.75, 3.05) is 0 Å². The van der Waals surface area contributed by atoms with Gasteiger partial charge in [0.15, 0.2) is 6.10 Å². The minimum atomic E-state index is -1.09. The molecule has 2 N–H and O–H groups in total. The van der Waals surface area contributed by atoms with Crippen molar-refractivity contribution < 1.29 is 19.1 Å². The van der Waals surface area contributed by atoms with Crippen LogP contribution in [-0.4, -0.2) is 35.0 Å². The number of hydrogen-bond donors (Lipinski definition) is 2. The van der Waals surface area contributed by atoms with E-state index in [-0.39, 0.29) is 6.04 Å². The largest absolute Gasteiger partial charge is 0.449 e. The van der Waals surface area contributed by atoms with E-state index in [0.29, 0.717) is 5.69 Å². The van der Waals surface area contributed by atoms with Gasteiger partial charge in [-0.1, -0.05) is 43.5 Å². The number of esters is 1. The topological polar surface area (TPSA) is 97.4 Å². The Morgan fingerprint density at radius 2 is 1.86 bits per heavy atom. The number of pyridine rings is 1. The fraction of sp³-hybridized carbons (Fsp3) is 0.364. The number of ether oxygens (including phenoxy) is 1. The first-order valence-corrected chi connectivity index (χ1v) is 9.87. The van der Waals surface area contributed by atoms with Gasteiger partial charge in [-0.15, -0.1) is 0 Å². The fourth-order valence-electron chi connectivity index (χ4n) is 3.28. The predicted octanol–water partition coefficient (Wildman–Crippen LogP) is 3.34. The van der Waals surface area contributed by atoms with Crippen molar-refractivity contribution in [3.05, 3.63) is 48.2 Å². The molecule has 0 radical (unpaired) electrons. The maximum atomic E-state index is 12.1. The van der Waals surface area contributed by atoms with E-state index < -0.39 is 24.0 Å². The van der Waals surface area contributed by atoms with E-state index in [1.165, 1.54) is 25.5 Å². The molecule has 1 fully saturated rings. The van der Waals surface area contributed by atoms with Crippen molar-refractivity contribution in [1.29, 1.82) is 0 Å². The predicted molar refractivity (Wildman–Crippen MR) is 110 cm³/mol. The summed E-state index contributed by atoms with van der Waals surface area (Å²) in [5.41, 5.74) is 1.42. The first-order valence-electron chi connectivity index (χ1n) is 9.87. The van der Waals surface area contributed by atoms with E-state index in [9.17, 15) is 14.4 Å². The maximum absolute atomic E-state index is 12.1. The molecule has 0 aliphatic heterocycles. The van der Waals surface area contributed by atoms with Gasteiger partial charge in [0, 0.05) is 17.5 Å². The van der Waals surface area contributed by atoms with Gasteiger partial charge < -0.3 is 10.1 Å². The molecule has 3 rings (SSSR count). The van der Waals surface area contributed by atoms with Crippen LogP contribution in [0.25, 0.3) is 17.0 Å². The van der Waals surface area contributed by atoms with Gasteiger partial charge in [0.1, 0.15) is 0 Å². The highest BCUT2D eigenvalue weighted by Gasteiger charge is 2.21. The summed E-state index contributed by atoms with van der Waals surface area (Å²) in [5, 5.41) is 6.01. The van der Waals surface area contributed by atoms with E-state index in [2.05, 4.69) is 15.6 Å². The van der Waals surface area contributed by atoms with Gasteiger partial charge in [-0.25, -0.2) is 14.6 Å². The zero-order valence-electron chi connectivity index (χ0n) is 16.4. The molecule has 1 aromatic heterocycles. The van der Waals surface area contributed by atoms with Crippen LogP contribution in [0.3, 0.4) is 0 Å². The zero-order valence-corrected chi connectivity index (χ0v) is 16.4. The lowest BCUT2D eigenvalue weighted by molar-refractivity contribution is -0.149. The standard InChI is InChI=1S/C22H25N3O4/c1-15(21(27)25-22(28)24-17-8-3-2-4-9-17)29-20(26)14-13-18-12-11-16-7-5-6-10-19(16)23-18/h5-7,10-15,17H,2-4,8-9H2,1H3,(H2,24,25,27,28)/b14-13+. The number of carbonyl (C=O) groups is 3.